The molecule has 0 spiro atoms. The molecule has 0 amide bonds. The van der Waals surface area contributed by atoms with Crippen LogP contribution in [0.1, 0.15) is 37.7 Å². The van der Waals surface area contributed by atoms with E-state index in [0.29, 0.717) is 21.2 Å². The summed E-state index contributed by atoms with van der Waals surface area (Å²) in [7, 11) is 0. The maximum Gasteiger partial charge on any atom is 0.313 e. The Hall–Kier alpha value is -3.63. The molecule has 0 saturated carbocycles. The minimum absolute atomic E-state index is 0.0651. The van der Waals surface area contributed by atoms with Gasteiger partial charge in [-0.3, -0.25) is 14.9 Å². The number of hydrogen-bond donors (Lipinski definition) is 0. The monoisotopic (exact) mass is 586 g/mol. The van der Waals surface area contributed by atoms with Gasteiger partial charge in [0.15, 0.2) is 0 Å². The molecule has 0 aliphatic carbocycles. The van der Waals surface area contributed by atoms with E-state index in [1.54, 1.807) is 24.3 Å². The van der Waals surface area contributed by atoms with Gasteiger partial charge in [0.1, 0.15) is 18.2 Å². The number of nitro groups is 1. The van der Waals surface area contributed by atoms with Gasteiger partial charge >= 0.3 is 5.69 Å². The molecule has 0 fully saturated rings. The Morgan fingerprint density at radius 3 is 2.62 bits per heavy atom. The topological polar surface area (TPSA) is 99.6 Å². The van der Waals surface area contributed by atoms with Gasteiger partial charge in [-0.2, -0.15) is 9.78 Å². The minimum Gasteiger partial charge on any atom is -0.481 e. The molecule has 4 aromatic rings. The molecule has 0 bridgehead atoms. The Bertz CT molecular complexity index is 1620. The highest BCUT2D eigenvalue weighted by atomic mass is 79.9. The molecule has 1 heterocycles. The summed E-state index contributed by atoms with van der Waals surface area (Å²) in [5, 5.41) is 16.5. The highest BCUT2D eigenvalue weighted by Gasteiger charge is 2.24. The van der Waals surface area contributed by atoms with Crippen LogP contribution in [-0.2, 0) is 12.0 Å². The van der Waals surface area contributed by atoms with E-state index < -0.39 is 27.4 Å². The van der Waals surface area contributed by atoms with Gasteiger partial charge in [-0.05, 0) is 30.3 Å². The van der Waals surface area contributed by atoms with E-state index in [1.807, 2.05) is 20.8 Å². The molecule has 1 aromatic heterocycles. The molecule has 37 heavy (non-hydrogen) atoms. The molecule has 4 rings (SSSR count). The number of hydrogen-bond acceptors (Lipinski definition) is 6. The second-order valence-electron chi connectivity index (χ2n) is 9.19. The largest absolute Gasteiger partial charge is 0.481 e. The molecule has 0 N–H and O–H groups in total. The SMILES string of the molecule is CC(C)(C)c1nc2ccc(Br)cc2c(=O)n1N=Cc1cc(Cl)cc([N+](=O)[O-])c1OCc1ccccc1F. The third-order valence-corrected chi connectivity index (χ3v) is 6.09. The predicted octanol–water partition coefficient (Wildman–Crippen LogP) is 6.62. The number of nitro benzene ring substituents is 1. The summed E-state index contributed by atoms with van der Waals surface area (Å²) >= 11 is 9.52. The Morgan fingerprint density at radius 2 is 1.95 bits per heavy atom. The van der Waals surface area contributed by atoms with Crippen LogP contribution in [0.4, 0.5) is 10.1 Å². The van der Waals surface area contributed by atoms with Crippen molar-refractivity contribution >= 4 is 50.3 Å². The second-order valence-corrected chi connectivity index (χ2v) is 10.5. The van der Waals surface area contributed by atoms with Crippen LogP contribution in [-0.4, -0.2) is 20.8 Å². The average Bonchev–Trinajstić information content (AvgIpc) is 2.83. The van der Waals surface area contributed by atoms with Crippen LogP contribution in [0.3, 0.4) is 0 Å². The summed E-state index contributed by atoms with van der Waals surface area (Å²) in [5.74, 6) is -0.290. The van der Waals surface area contributed by atoms with Gasteiger partial charge in [0, 0.05) is 32.1 Å². The fraction of sp³-hybridized carbons (Fsp3) is 0.192. The third kappa shape index (κ3) is 5.70. The number of ether oxygens (including phenoxy) is 1. The van der Waals surface area contributed by atoms with E-state index in [1.165, 1.54) is 30.5 Å². The molecule has 11 heteroatoms. The van der Waals surface area contributed by atoms with E-state index >= 15 is 0 Å². The van der Waals surface area contributed by atoms with Crippen LogP contribution in [0, 0.1) is 15.9 Å². The maximum absolute atomic E-state index is 14.1. The molecule has 0 aliphatic rings. The summed E-state index contributed by atoms with van der Waals surface area (Å²) in [4.78, 5) is 29.2. The number of halogens is 3. The van der Waals surface area contributed by atoms with Crippen molar-refractivity contribution < 1.29 is 14.1 Å². The first-order valence-electron chi connectivity index (χ1n) is 11.1. The molecule has 190 valence electrons. The zero-order valence-electron chi connectivity index (χ0n) is 20.0. The quantitative estimate of drug-likeness (QED) is 0.143. The smallest absolute Gasteiger partial charge is 0.313 e. The van der Waals surface area contributed by atoms with Crippen molar-refractivity contribution in [1.29, 1.82) is 0 Å². The highest BCUT2D eigenvalue weighted by molar-refractivity contribution is 9.10. The minimum atomic E-state index is -0.651. The Balaban J connectivity index is 1.87. The molecule has 0 saturated heterocycles. The van der Waals surface area contributed by atoms with Gasteiger partial charge in [0.25, 0.3) is 5.56 Å². The lowest BCUT2D eigenvalue weighted by molar-refractivity contribution is -0.385. The number of aromatic nitrogens is 2. The zero-order valence-corrected chi connectivity index (χ0v) is 22.4. The van der Waals surface area contributed by atoms with Gasteiger partial charge in [0.05, 0.1) is 22.0 Å². The summed E-state index contributed by atoms with van der Waals surface area (Å²) in [6, 6.07) is 13.7. The number of fused-ring (bicyclic) bond motifs is 1. The number of rotatable bonds is 6. The van der Waals surface area contributed by atoms with Crippen LogP contribution < -0.4 is 10.3 Å². The third-order valence-electron chi connectivity index (χ3n) is 5.38. The van der Waals surface area contributed by atoms with Crippen molar-refractivity contribution in [2.24, 2.45) is 5.10 Å². The van der Waals surface area contributed by atoms with Crippen LogP contribution in [0.15, 0.2) is 69.0 Å². The van der Waals surface area contributed by atoms with Gasteiger partial charge in [-0.1, -0.05) is 66.5 Å². The number of nitrogens with zero attached hydrogens (tertiary/aromatic N) is 4. The lowest BCUT2D eigenvalue weighted by Crippen LogP contribution is -2.29. The van der Waals surface area contributed by atoms with Crippen LogP contribution in [0.25, 0.3) is 10.9 Å². The molecule has 3 aromatic carbocycles. The van der Waals surface area contributed by atoms with E-state index in [2.05, 4.69) is 26.0 Å². The standard InChI is InChI=1S/C26H21BrClFN4O4/c1-26(2,3)25-31-21-9-8-17(27)11-19(21)24(34)32(25)30-13-16-10-18(28)12-22(33(35)36)23(16)37-14-15-6-4-5-7-20(15)29/h4-13H,14H2,1-3H3. The second kappa shape index (κ2) is 10.4. The summed E-state index contributed by atoms with van der Waals surface area (Å²) in [6.45, 7) is 5.39. The Kier molecular flexibility index (Phi) is 7.42. The van der Waals surface area contributed by atoms with Crippen molar-refractivity contribution in [3.63, 3.8) is 0 Å². The normalized spacial score (nSPS) is 11.8. The Labute approximate surface area is 224 Å². The molecule has 0 atom stereocenters. The Morgan fingerprint density at radius 1 is 1.22 bits per heavy atom. The van der Waals surface area contributed by atoms with Gasteiger partial charge in [-0.25, -0.2) is 9.37 Å². The maximum atomic E-state index is 14.1. The summed E-state index contributed by atoms with van der Waals surface area (Å²) in [6.07, 6.45) is 1.25. The van der Waals surface area contributed by atoms with Crippen molar-refractivity contribution in [3.05, 3.63) is 107 Å². The van der Waals surface area contributed by atoms with Gasteiger partial charge in [0.2, 0.25) is 5.75 Å². The fourth-order valence-electron chi connectivity index (χ4n) is 3.62. The van der Waals surface area contributed by atoms with Gasteiger partial charge in [-0.15, -0.1) is 0 Å². The first kappa shape index (κ1) is 26.4. The van der Waals surface area contributed by atoms with Crippen molar-refractivity contribution in [1.82, 2.24) is 9.66 Å². The molecule has 0 aliphatic heterocycles. The van der Waals surface area contributed by atoms with Crippen molar-refractivity contribution in [2.45, 2.75) is 32.8 Å². The van der Waals surface area contributed by atoms with E-state index in [9.17, 15) is 19.3 Å². The van der Waals surface area contributed by atoms with E-state index in [4.69, 9.17) is 16.3 Å². The van der Waals surface area contributed by atoms with Crippen LogP contribution in [0.5, 0.6) is 5.75 Å². The van der Waals surface area contributed by atoms with Crippen molar-refractivity contribution in [2.75, 3.05) is 0 Å². The lowest BCUT2D eigenvalue weighted by atomic mass is 9.95. The lowest BCUT2D eigenvalue weighted by Gasteiger charge is -2.21. The zero-order chi connectivity index (χ0) is 26.9. The van der Waals surface area contributed by atoms with Crippen molar-refractivity contribution in [3.8, 4) is 5.75 Å². The first-order valence-corrected chi connectivity index (χ1v) is 12.2. The highest BCUT2D eigenvalue weighted by Crippen LogP contribution is 2.34. The average molecular weight is 588 g/mol. The molecular weight excluding hydrogens is 567 g/mol. The summed E-state index contributed by atoms with van der Waals surface area (Å²) < 4.78 is 21.7. The molecular formula is C26H21BrClFN4O4. The number of benzene rings is 3. The molecule has 8 nitrogen and oxygen atoms in total. The van der Waals surface area contributed by atoms with Gasteiger partial charge < -0.3 is 4.74 Å². The van der Waals surface area contributed by atoms with Crippen LogP contribution in [0.2, 0.25) is 5.02 Å². The molecule has 0 unspecified atom stereocenters. The first-order chi connectivity index (χ1) is 17.5. The van der Waals surface area contributed by atoms with E-state index in [-0.39, 0.29) is 28.5 Å². The summed E-state index contributed by atoms with van der Waals surface area (Å²) in [5.41, 5.74) is -0.548. The van der Waals surface area contributed by atoms with E-state index in [0.717, 1.165) is 10.7 Å². The fourth-order valence-corrected chi connectivity index (χ4v) is 4.20. The predicted molar refractivity (Wildman–Crippen MR) is 144 cm³/mol. The molecule has 0 radical (unpaired) electrons. The van der Waals surface area contributed by atoms with Crippen LogP contribution >= 0.6 is 27.5 Å².